The highest BCUT2D eigenvalue weighted by Crippen LogP contribution is 2.40. The normalized spacial score (nSPS) is 12.0. The van der Waals surface area contributed by atoms with E-state index in [9.17, 15) is 15.3 Å². The highest BCUT2D eigenvalue weighted by atomic mass is 35.5. The van der Waals surface area contributed by atoms with Crippen molar-refractivity contribution in [3.05, 3.63) is 76.3 Å². The monoisotopic (exact) mass is 682 g/mol. The zero-order valence-corrected chi connectivity index (χ0v) is 27.8. The van der Waals surface area contributed by atoms with Crippen molar-refractivity contribution in [2.24, 2.45) is 5.73 Å². The summed E-state index contributed by atoms with van der Waals surface area (Å²) in [4.78, 5) is 23.1. The molecule has 45 heavy (non-hydrogen) atoms. The maximum absolute atomic E-state index is 11.2. The third-order valence-corrected chi connectivity index (χ3v) is 8.86. The van der Waals surface area contributed by atoms with E-state index in [4.69, 9.17) is 25.2 Å². The summed E-state index contributed by atoms with van der Waals surface area (Å²) in [5.74, 6) is 1.22. The fraction of sp³-hybridized carbons (Fsp3) is 0.281. The molecule has 1 saturated heterocycles. The molecule has 2 aromatic heterocycles. The number of anilines is 1. The number of halogens is 2. The number of aromatic nitrogens is 2. The van der Waals surface area contributed by atoms with Gasteiger partial charge in [0.05, 0.1) is 17.8 Å². The molecule has 9 nitrogen and oxygen atoms in total. The number of ether oxygens (including phenoxy) is 2. The number of hydrogen-bond donors (Lipinski definition) is 1. The van der Waals surface area contributed by atoms with Gasteiger partial charge in [-0.05, 0) is 37.5 Å². The number of esters is 1. The van der Waals surface area contributed by atoms with Gasteiger partial charge in [0, 0.05) is 35.3 Å². The molecule has 13 heteroatoms. The molecule has 0 atom stereocenters. The molecule has 2 N–H and O–H groups in total. The minimum Gasteiger partial charge on any atom is -0.490 e. The Labute approximate surface area is 283 Å². The number of thiazole rings is 1. The second-order valence-electron chi connectivity index (χ2n) is 9.88. The van der Waals surface area contributed by atoms with Crippen molar-refractivity contribution in [2.45, 2.75) is 30.5 Å². The lowest BCUT2D eigenvalue weighted by Gasteiger charge is -2.22. The van der Waals surface area contributed by atoms with Gasteiger partial charge in [-0.25, -0.2) is 9.97 Å². The van der Waals surface area contributed by atoms with E-state index < -0.39 is 5.97 Å². The molecule has 0 saturated carbocycles. The van der Waals surface area contributed by atoms with Crippen molar-refractivity contribution in [2.75, 3.05) is 37.7 Å². The summed E-state index contributed by atoms with van der Waals surface area (Å²) in [6.45, 7) is 3.76. The summed E-state index contributed by atoms with van der Waals surface area (Å²) in [6.07, 6.45) is 2.05. The first-order chi connectivity index (χ1) is 21.0. The number of nitriles is 2. The molecule has 5 rings (SSSR count). The highest BCUT2D eigenvalue weighted by molar-refractivity contribution is 7.98. The van der Waals surface area contributed by atoms with E-state index in [1.807, 2.05) is 17.5 Å². The molecule has 2 aromatic carbocycles. The second kappa shape index (κ2) is 17.0. The van der Waals surface area contributed by atoms with Gasteiger partial charge >= 0.3 is 5.97 Å². The number of benzene rings is 2. The van der Waals surface area contributed by atoms with Crippen LogP contribution in [0.5, 0.6) is 5.75 Å². The molecule has 0 amide bonds. The summed E-state index contributed by atoms with van der Waals surface area (Å²) >= 11 is 3.05. The number of nitrogens with zero attached hydrogens (tertiary/aromatic N) is 5. The molecular formula is C32H32Cl2N6O3S2. The van der Waals surface area contributed by atoms with Gasteiger partial charge < -0.3 is 20.1 Å². The van der Waals surface area contributed by atoms with Gasteiger partial charge in [-0.15, -0.1) is 36.2 Å². The number of carbonyl (C=O) groups is 1. The van der Waals surface area contributed by atoms with Crippen LogP contribution in [0.3, 0.4) is 0 Å². The number of aryl methyl sites for hydroxylation is 1. The molecule has 3 heterocycles. The van der Waals surface area contributed by atoms with Gasteiger partial charge in [-0.2, -0.15) is 10.5 Å². The van der Waals surface area contributed by atoms with Crippen LogP contribution in [0.25, 0.3) is 21.7 Å². The zero-order valence-electron chi connectivity index (χ0n) is 24.5. The van der Waals surface area contributed by atoms with Crippen LogP contribution in [0.2, 0.25) is 0 Å². The van der Waals surface area contributed by atoms with Gasteiger partial charge in [0.2, 0.25) is 0 Å². The first kappa shape index (κ1) is 35.6. The summed E-state index contributed by atoms with van der Waals surface area (Å²) in [6, 6.07) is 20.2. The molecular weight excluding hydrogens is 651 g/mol. The number of carbonyl (C=O) groups excluding carboxylic acids is 1. The molecule has 234 valence electrons. The fourth-order valence-electron chi connectivity index (χ4n) is 4.75. The van der Waals surface area contributed by atoms with Gasteiger partial charge in [-0.3, -0.25) is 4.79 Å². The predicted molar refractivity (Wildman–Crippen MR) is 182 cm³/mol. The van der Waals surface area contributed by atoms with E-state index in [0.717, 1.165) is 47.8 Å². The van der Waals surface area contributed by atoms with Crippen LogP contribution >= 0.6 is 47.9 Å². The van der Waals surface area contributed by atoms with Crippen LogP contribution in [0.1, 0.15) is 35.2 Å². The lowest BCUT2D eigenvalue weighted by Crippen LogP contribution is -2.21. The Balaban J connectivity index is 0.00000276. The lowest BCUT2D eigenvalue weighted by molar-refractivity contribution is -0.142. The largest absolute Gasteiger partial charge is 0.490 e. The Morgan fingerprint density at radius 1 is 0.978 bits per heavy atom. The minimum atomic E-state index is -0.492. The standard InChI is InChI=1S/C32H30N6O3S2.2ClH/c1-21-4-6-23(7-5-21)31-36-24(19-42-31)20-43-32-27(17-34)29(26(16-33)30(37-32)38-12-2-3-13-38)22-8-10-25(11-9-22)40-14-15-41-28(39)18-35;;/h4-11,19H,2-3,12-15,18,20,35H2,1H3;2*1H. The Morgan fingerprint density at radius 3 is 2.29 bits per heavy atom. The Bertz CT molecular complexity index is 1680. The van der Waals surface area contributed by atoms with Gasteiger partial charge in [0.25, 0.3) is 0 Å². The van der Waals surface area contributed by atoms with Crippen LogP contribution in [0.15, 0.2) is 58.9 Å². The average Bonchev–Trinajstić information content (AvgIpc) is 3.75. The molecule has 0 unspecified atom stereocenters. The molecule has 0 bridgehead atoms. The molecule has 1 aliphatic heterocycles. The highest BCUT2D eigenvalue weighted by Gasteiger charge is 2.26. The van der Waals surface area contributed by atoms with E-state index in [0.29, 0.717) is 39.0 Å². The first-order valence-corrected chi connectivity index (χ1v) is 15.7. The zero-order chi connectivity index (χ0) is 30.2. The number of nitrogens with two attached hydrogens (primary N) is 1. The summed E-state index contributed by atoms with van der Waals surface area (Å²) in [5.41, 5.74) is 10.5. The van der Waals surface area contributed by atoms with Crippen molar-refractivity contribution in [3.63, 3.8) is 0 Å². The van der Waals surface area contributed by atoms with Crippen molar-refractivity contribution in [1.29, 1.82) is 10.5 Å². The van der Waals surface area contributed by atoms with Crippen molar-refractivity contribution in [1.82, 2.24) is 9.97 Å². The van der Waals surface area contributed by atoms with Crippen molar-refractivity contribution >= 4 is 59.7 Å². The van der Waals surface area contributed by atoms with Crippen LogP contribution in [0, 0.1) is 29.6 Å². The van der Waals surface area contributed by atoms with Crippen LogP contribution in [-0.2, 0) is 15.3 Å². The van der Waals surface area contributed by atoms with E-state index in [1.54, 1.807) is 23.5 Å². The molecule has 0 radical (unpaired) electrons. The lowest BCUT2D eigenvalue weighted by atomic mass is 9.96. The van der Waals surface area contributed by atoms with Crippen LogP contribution in [-0.4, -0.2) is 48.8 Å². The first-order valence-electron chi connectivity index (χ1n) is 13.9. The third kappa shape index (κ3) is 8.66. The minimum absolute atomic E-state index is 0. The van der Waals surface area contributed by atoms with Crippen LogP contribution in [0.4, 0.5) is 5.82 Å². The number of hydrogen-bond acceptors (Lipinski definition) is 11. The summed E-state index contributed by atoms with van der Waals surface area (Å²) in [7, 11) is 0. The summed E-state index contributed by atoms with van der Waals surface area (Å²) in [5, 5.41) is 24.2. The van der Waals surface area contributed by atoms with Crippen LogP contribution < -0.4 is 15.4 Å². The second-order valence-corrected chi connectivity index (χ2v) is 11.7. The van der Waals surface area contributed by atoms with Gasteiger partial charge in [0.1, 0.15) is 52.5 Å². The van der Waals surface area contributed by atoms with E-state index >= 15 is 0 Å². The van der Waals surface area contributed by atoms with Crippen molar-refractivity contribution < 1.29 is 14.3 Å². The number of rotatable bonds is 11. The Morgan fingerprint density at radius 2 is 1.64 bits per heavy atom. The maximum Gasteiger partial charge on any atom is 0.319 e. The molecule has 0 aliphatic carbocycles. The topological polar surface area (TPSA) is 138 Å². The number of thioether (sulfide) groups is 1. The van der Waals surface area contributed by atoms with E-state index in [-0.39, 0.29) is 44.6 Å². The van der Waals surface area contributed by atoms with Gasteiger partial charge in [0.15, 0.2) is 0 Å². The quantitative estimate of drug-likeness (QED) is 0.105. The molecule has 0 spiro atoms. The fourth-order valence-corrected chi connectivity index (χ4v) is 6.56. The molecule has 1 aliphatic rings. The SMILES string of the molecule is Cc1ccc(-c2nc(CSc3nc(N4CCCC4)c(C#N)c(-c4ccc(OCCOC(=O)CN)cc4)c3C#N)cs2)cc1.Cl.Cl. The molecule has 1 fully saturated rings. The third-order valence-electron chi connectivity index (χ3n) is 6.91. The smallest absolute Gasteiger partial charge is 0.319 e. The summed E-state index contributed by atoms with van der Waals surface area (Å²) < 4.78 is 10.6. The Kier molecular flexibility index (Phi) is 13.5. The average molecular weight is 684 g/mol. The Hall–Kier alpha value is -3.84. The number of pyridine rings is 1. The van der Waals surface area contributed by atoms with Gasteiger partial charge in [-0.1, -0.05) is 53.7 Å². The molecule has 4 aromatic rings. The van der Waals surface area contributed by atoms with E-state index in [2.05, 4.69) is 48.2 Å². The predicted octanol–water partition coefficient (Wildman–Crippen LogP) is 6.54. The van der Waals surface area contributed by atoms with Crippen molar-refractivity contribution in [3.8, 4) is 39.6 Å². The van der Waals surface area contributed by atoms with E-state index in [1.165, 1.54) is 17.3 Å². The maximum atomic E-state index is 11.2.